The van der Waals surface area contributed by atoms with Gasteiger partial charge in [-0.1, -0.05) is 40.2 Å². The monoisotopic (exact) mass is 391 g/mol. The molecule has 2 nitrogen and oxygen atoms in total. The number of halogens is 2. The van der Waals surface area contributed by atoms with Crippen molar-refractivity contribution >= 4 is 42.8 Å². The van der Waals surface area contributed by atoms with Gasteiger partial charge in [0.25, 0.3) is 0 Å². The van der Waals surface area contributed by atoms with Gasteiger partial charge in [0.2, 0.25) is 0 Å². The number of aromatic nitrogens is 1. The van der Waals surface area contributed by atoms with E-state index in [0.717, 1.165) is 32.2 Å². The highest BCUT2D eigenvalue weighted by molar-refractivity contribution is 9.10. The number of fused-ring (bicyclic) bond motifs is 1. The molecule has 2 aromatic carbocycles. The van der Waals surface area contributed by atoms with Crippen LogP contribution in [-0.2, 0) is 5.33 Å². The van der Waals surface area contributed by atoms with Gasteiger partial charge in [-0.05, 0) is 45.8 Å². The zero-order valence-corrected chi connectivity index (χ0v) is 13.7. The van der Waals surface area contributed by atoms with Gasteiger partial charge in [0.05, 0.1) is 4.47 Å². The largest absolute Gasteiger partial charge is 0.454 e. The molecule has 3 rings (SSSR count). The Morgan fingerprint density at radius 2 is 1.85 bits per heavy atom. The van der Waals surface area contributed by atoms with Crippen LogP contribution in [0.4, 0.5) is 0 Å². The van der Waals surface area contributed by atoms with Crippen molar-refractivity contribution in [2.75, 3.05) is 0 Å². The first-order valence-corrected chi connectivity index (χ1v) is 8.05. The predicted molar refractivity (Wildman–Crippen MR) is 88.6 cm³/mol. The highest BCUT2D eigenvalue weighted by Crippen LogP contribution is 2.33. The highest BCUT2D eigenvalue weighted by atomic mass is 79.9. The molecular weight excluding hydrogens is 382 g/mol. The molecule has 0 aliphatic carbocycles. The molecule has 100 valence electrons. The second kappa shape index (κ2) is 5.94. The molecule has 0 saturated heterocycles. The van der Waals surface area contributed by atoms with Crippen molar-refractivity contribution in [1.82, 2.24) is 4.98 Å². The molecule has 4 heteroatoms. The lowest BCUT2D eigenvalue weighted by Gasteiger charge is -2.10. The summed E-state index contributed by atoms with van der Waals surface area (Å²) in [5.74, 6) is 1.54. The molecule has 0 aliphatic rings. The topological polar surface area (TPSA) is 22.1 Å². The molecule has 0 radical (unpaired) electrons. The Kier molecular flexibility index (Phi) is 4.03. The van der Waals surface area contributed by atoms with Gasteiger partial charge in [0.15, 0.2) is 5.75 Å². The normalized spacial score (nSPS) is 10.7. The lowest BCUT2D eigenvalue weighted by atomic mass is 10.2. The van der Waals surface area contributed by atoms with Gasteiger partial charge in [-0.2, -0.15) is 0 Å². The van der Waals surface area contributed by atoms with E-state index in [1.165, 1.54) is 5.56 Å². The van der Waals surface area contributed by atoms with E-state index in [-0.39, 0.29) is 0 Å². The van der Waals surface area contributed by atoms with Crippen molar-refractivity contribution in [2.45, 2.75) is 5.33 Å². The van der Waals surface area contributed by atoms with Crippen molar-refractivity contribution in [3.8, 4) is 11.5 Å². The van der Waals surface area contributed by atoms with Gasteiger partial charge in [-0.15, -0.1) is 0 Å². The maximum Gasteiger partial charge on any atom is 0.153 e. The maximum absolute atomic E-state index is 6.00. The van der Waals surface area contributed by atoms with Gasteiger partial charge in [0.1, 0.15) is 11.3 Å². The Balaban J connectivity index is 2.01. The Morgan fingerprint density at radius 3 is 2.65 bits per heavy atom. The molecule has 1 heterocycles. The first kappa shape index (κ1) is 13.6. The Hall–Kier alpha value is -1.39. The number of benzene rings is 2. The fraction of sp³-hybridized carbons (Fsp3) is 0.0625. The van der Waals surface area contributed by atoms with Gasteiger partial charge in [-0.3, -0.25) is 4.98 Å². The van der Waals surface area contributed by atoms with Crippen LogP contribution in [0.5, 0.6) is 11.5 Å². The molecule has 0 aliphatic heterocycles. The second-order valence-electron chi connectivity index (χ2n) is 4.33. The maximum atomic E-state index is 6.00. The van der Waals surface area contributed by atoms with Crippen molar-refractivity contribution in [2.24, 2.45) is 0 Å². The fourth-order valence-electron chi connectivity index (χ4n) is 1.99. The molecule has 0 fully saturated rings. The number of nitrogens with zero attached hydrogens (tertiary/aromatic N) is 1. The lowest BCUT2D eigenvalue weighted by molar-refractivity contribution is 0.484. The quantitative estimate of drug-likeness (QED) is 0.534. The summed E-state index contributed by atoms with van der Waals surface area (Å²) in [7, 11) is 0. The highest BCUT2D eigenvalue weighted by Gasteiger charge is 2.07. The van der Waals surface area contributed by atoms with Crippen LogP contribution >= 0.6 is 31.9 Å². The number of alkyl halides is 1. The van der Waals surface area contributed by atoms with Crippen molar-refractivity contribution in [3.63, 3.8) is 0 Å². The average molecular weight is 393 g/mol. The molecule has 0 saturated carbocycles. The summed E-state index contributed by atoms with van der Waals surface area (Å²) < 4.78 is 6.93. The smallest absolute Gasteiger partial charge is 0.153 e. The van der Waals surface area contributed by atoms with Gasteiger partial charge in [0, 0.05) is 16.9 Å². The molecule has 0 spiro atoms. The number of para-hydroxylation sites is 1. The summed E-state index contributed by atoms with van der Waals surface area (Å²) in [6, 6.07) is 15.9. The van der Waals surface area contributed by atoms with Crippen LogP contribution in [0, 0.1) is 0 Å². The SMILES string of the molecule is BrCc1ccc(Oc2cccc3cccnc23)c(Br)c1. The van der Waals surface area contributed by atoms with Crippen LogP contribution in [0.2, 0.25) is 0 Å². The van der Waals surface area contributed by atoms with E-state index in [0.29, 0.717) is 0 Å². The number of pyridine rings is 1. The molecule has 3 aromatic rings. The zero-order valence-electron chi connectivity index (χ0n) is 10.5. The summed E-state index contributed by atoms with van der Waals surface area (Å²) in [5.41, 5.74) is 2.06. The first-order valence-electron chi connectivity index (χ1n) is 6.14. The second-order valence-corrected chi connectivity index (χ2v) is 5.75. The van der Waals surface area contributed by atoms with Crippen molar-refractivity contribution < 1.29 is 4.74 Å². The van der Waals surface area contributed by atoms with Crippen LogP contribution in [0.1, 0.15) is 5.56 Å². The van der Waals surface area contributed by atoms with Gasteiger partial charge in [-0.25, -0.2) is 0 Å². The zero-order chi connectivity index (χ0) is 13.9. The molecule has 0 unspecified atom stereocenters. The first-order chi connectivity index (χ1) is 9.78. The average Bonchev–Trinajstić information content (AvgIpc) is 2.49. The number of hydrogen-bond acceptors (Lipinski definition) is 2. The summed E-state index contributed by atoms with van der Waals surface area (Å²) in [4.78, 5) is 4.39. The summed E-state index contributed by atoms with van der Waals surface area (Å²) in [6.07, 6.45) is 1.78. The van der Waals surface area contributed by atoms with Crippen molar-refractivity contribution in [3.05, 3.63) is 64.8 Å². The molecule has 1 aromatic heterocycles. The van der Waals surface area contributed by atoms with E-state index in [9.17, 15) is 0 Å². The Labute approximate surface area is 134 Å². The summed E-state index contributed by atoms with van der Waals surface area (Å²) >= 11 is 6.99. The number of rotatable bonds is 3. The van der Waals surface area contributed by atoms with E-state index >= 15 is 0 Å². The third-order valence-corrected chi connectivity index (χ3v) is 4.23. The van der Waals surface area contributed by atoms with E-state index in [1.807, 2.05) is 48.5 Å². The standard InChI is InChI=1S/C16H11Br2NO/c17-10-11-6-7-14(13(18)9-11)20-15-5-1-3-12-4-2-8-19-16(12)15/h1-9H,10H2. The van der Waals surface area contributed by atoms with Crippen LogP contribution in [0.25, 0.3) is 10.9 Å². The lowest BCUT2D eigenvalue weighted by Crippen LogP contribution is -1.89. The Morgan fingerprint density at radius 1 is 1.00 bits per heavy atom. The van der Waals surface area contributed by atoms with E-state index in [4.69, 9.17) is 4.74 Å². The number of hydrogen-bond donors (Lipinski definition) is 0. The van der Waals surface area contributed by atoms with Gasteiger partial charge >= 0.3 is 0 Å². The van der Waals surface area contributed by atoms with Crippen LogP contribution in [0.15, 0.2) is 59.2 Å². The van der Waals surface area contributed by atoms with Crippen LogP contribution in [-0.4, -0.2) is 4.98 Å². The van der Waals surface area contributed by atoms with E-state index < -0.39 is 0 Å². The minimum absolute atomic E-state index is 0.760. The summed E-state index contributed by atoms with van der Waals surface area (Å²) in [6.45, 7) is 0. The molecule has 0 N–H and O–H groups in total. The molecular formula is C16H11Br2NO. The molecule has 0 bridgehead atoms. The van der Waals surface area contributed by atoms with E-state index in [2.05, 4.69) is 36.8 Å². The van der Waals surface area contributed by atoms with E-state index in [1.54, 1.807) is 6.20 Å². The molecule has 0 atom stereocenters. The van der Waals surface area contributed by atoms with Crippen LogP contribution < -0.4 is 4.74 Å². The number of ether oxygens (including phenoxy) is 1. The third kappa shape index (κ3) is 2.72. The van der Waals surface area contributed by atoms with Crippen molar-refractivity contribution in [1.29, 1.82) is 0 Å². The van der Waals surface area contributed by atoms with Gasteiger partial charge < -0.3 is 4.74 Å². The fourth-order valence-corrected chi connectivity index (χ4v) is 2.84. The predicted octanol–water partition coefficient (Wildman–Crippen LogP) is 5.68. The van der Waals surface area contributed by atoms with Crippen LogP contribution in [0.3, 0.4) is 0 Å². The Bertz CT molecular complexity index is 753. The summed E-state index contributed by atoms with van der Waals surface area (Å²) in [5, 5.41) is 1.89. The minimum Gasteiger partial charge on any atom is -0.454 e. The third-order valence-electron chi connectivity index (χ3n) is 2.97. The minimum atomic E-state index is 0.760. The molecule has 20 heavy (non-hydrogen) atoms. The molecule has 0 amide bonds.